The maximum Gasteiger partial charge on any atom is 0.338 e. The Morgan fingerprint density at radius 1 is 0.969 bits per heavy atom. The van der Waals surface area contributed by atoms with Gasteiger partial charge in [-0.05, 0) is 59.9 Å². The molecule has 2 bridgehead atoms. The van der Waals surface area contributed by atoms with E-state index in [1.54, 1.807) is 31.2 Å². The highest BCUT2D eigenvalue weighted by atomic mass is 16.5. The van der Waals surface area contributed by atoms with Crippen molar-refractivity contribution in [1.29, 1.82) is 5.26 Å². The Balaban J connectivity index is 1.51. The summed E-state index contributed by atoms with van der Waals surface area (Å²) in [6, 6.07) is 25.2. The Labute approximate surface area is 186 Å². The summed E-state index contributed by atoms with van der Waals surface area (Å²) >= 11 is 0. The van der Waals surface area contributed by atoms with Crippen LogP contribution in [0.2, 0.25) is 0 Å². The molecule has 3 aromatic carbocycles. The number of hydrogen-bond acceptors (Lipinski definition) is 4. The number of carbonyl (C=O) groups excluding carboxylic acids is 2. The van der Waals surface area contributed by atoms with Crippen LogP contribution in [-0.2, 0) is 9.53 Å². The largest absolute Gasteiger partial charge is 0.462 e. The summed E-state index contributed by atoms with van der Waals surface area (Å²) in [5.74, 6) is -1.05. The van der Waals surface area contributed by atoms with Gasteiger partial charge in [0, 0.05) is 17.5 Å². The van der Waals surface area contributed by atoms with E-state index in [0.717, 1.165) is 11.1 Å². The first-order chi connectivity index (χ1) is 15.6. The number of fused-ring (bicyclic) bond motifs is 1. The Kier molecular flexibility index (Phi) is 4.79. The van der Waals surface area contributed by atoms with Gasteiger partial charge in [-0.25, -0.2) is 4.79 Å². The molecule has 1 N–H and O–H groups in total. The predicted octanol–water partition coefficient (Wildman–Crippen LogP) is 4.99. The Morgan fingerprint density at radius 3 is 2.06 bits per heavy atom. The number of nitriles is 1. The summed E-state index contributed by atoms with van der Waals surface area (Å²) in [5.41, 5.74) is 4.25. The van der Waals surface area contributed by atoms with E-state index in [2.05, 4.69) is 23.5 Å². The van der Waals surface area contributed by atoms with Crippen LogP contribution in [0.25, 0.3) is 0 Å². The molecule has 5 heteroatoms. The lowest BCUT2D eigenvalue weighted by Crippen LogP contribution is -2.48. The second kappa shape index (κ2) is 7.65. The zero-order chi connectivity index (χ0) is 22.3. The van der Waals surface area contributed by atoms with Crippen LogP contribution in [0.15, 0.2) is 72.8 Å². The number of ether oxygens (including phenoxy) is 1. The standard InChI is InChI=1S/C27H22N2O3/c1-2-32-25(30)17-11-13-18(14-12-17)29-26(31)27(16-28)15-23-19-7-3-5-9-21(19)24(27)22-10-6-4-8-20(22)23/h3-14,23-24H,2,15H2,1H3,(H,29,31). The Morgan fingerprint density at radius 2 is 1.53 bits per heavy atom. The minimum atomic E-state index is -1.22. The fraction of sp³-hybridized carbons (Fsp3) is 0.222. The van der Waals surface area contributed by atoms with Crippen LogP contribution in [0.5, 0.6) is 0 Å². The highest BCUT2D eigenvalue weighted by Crippen LogP contribution is 2.61. The molecule has 0 aromatic heterocycles. The molecule has 0 fully saturated rings. The minimum absolute atomic E-state index is 0.00369. The van der Waals surface area contributed by atoms with E-state index in [0.29, 0.717) is 24.3 Å². The fourth-order valence-electron chi connectivity index (χ4n) is 5.24. The lowest BCUT2D eigenvalue weighted by atomic mass is 9.52. The van der Waals surface area contributed by atoms with Gasteiger partial charge in [-0.2, -0.15) is 5.26 Å². The summed E-state index contributed by atoms with van der Waals surface area (Å²) in [6.07, 6.45) is 0.439. The molecule has 0 spiro atoms. The number of nitrogens with one attached hydrogen (secondary N) is 1. The molecule has 3 aliphatic carbocycles. The third-order valence-corrected chi connectivity index (χ3v) is 6.64. The van der Waals surface area contributed by atoms with Gasteiger partial charge < -0.3 is 10.1 Å². The summed E-state index contributed by atoms with van der Waals surface area (Å²) in [7, 11) is 0. The van der Waals surface area contributed by atoms with Crippen LogP contribution < -0.4 is 5.32 Å². The van der Waals surface area contributed by atoms with Gasteiger partial charge in [0.1, 0.15) is 5.41 Å². The molecule has 0 radical (unpaired) electrons. The number of rotatable bonds is 4. The van der Waals surface area contributed by atoms with Gasteiger partial charge in [0.15, 0.2) is 0 Å². The van der Waals surface area contributed by atoms with Crippen molar-refractivity contribution in [3.63, 3.8) is 0 Å². The first-order valence-electron chi connectivity index (χ1n) is 10.8. The molecule has 1 amide bonds. The van der Waals surface area contributed by atoms with Gasteiger partial charge in [-0.3, -0.25) is 4.79 Å². The molecule has 0 saturated heterocycles. The number of hydrogen-bond donors (Lipinski definition) is 1. The average Bonchev–Trinajstić information content (AvgIpc) is 2.84. The van der Waals surface area contributed by atoms with Crippen LogP contribution in [-0.4, -0.2) is 18.5 Å². The van der Waals surface area contributed by atoms with Crippen molar-refractivity contribution in [2.75, 3.05) is 11.9 Å². The molecule has 6 rings (SSSR count). The van der Waals surface area contributed by atoms with E-state index in [1.165, 1.54) is 11.1 Å². The molecule has 158 valence electrons. The molecule has 0 saturated carbocycles. The maximum atomic E-state index is 13.6. The molecule has 32 heavy (non-hydrogen) atoms. The first-order valence-corrected chi connectivity index (χ1v) is 10.8. The van der Waals surface area contributed by atoms with Crippen molar-refractivity contribution in [1.82, 2.24) is 0 Å². The summed E-state index contributed by atoms with van der Waals surface area (Å²) in [5, 5.41) is 13.3. The van der Waals surface area contributed by atoms with Crippen molar-refractivity contribution in [3.8, 4) is 6.07 Å². The zero-order valence-corrected chi connectivity index (χ0v) is 17.7. The van der Waals surface area contributed by atoms with Gasteiger partial charge in [0.25, 0.3) is 0 Å². The van der Waals surface area contributed by atoms with Crippen LogP contribution in [0.3, 0.4) is 0 Å². The van der Waals surface area contributed by atoms with Gasteiger partial charge in [0.2, 0.25) is 5.91 Å². The molecule has 1 unspecified atom stereocenters. The van der Waals surface area contributed by atoms with Crippen LogP contribution in [0, 0.1) is 16.7 Å². The highest BCUT2D eigenvalue weighted by molar-refractivity contribution is 6.00. The Bertz CT molecular complexity index is 1210. The van der Waals surface area contributed by atoms with Crippen molar-refractivity contribution in [2.45, 2.75) is 25.2 Å². The molecule has 0 heterocycles. The zero-order valence-electron chi connectivity index (χ0n) is 17.7. The van der Waals surface area contributed by atoms with E-state index in [1.807, 2.05) is 36.4 Å². The quantitative estimate of drug-likeness (QED) is 0.601. The monoisotopic (exact) mass is 422 g/mol. The molecule has 3 aliphatic rings. The van der Waals surface area contributed by atoms with E-state index in [9.17, 15) is 14.9 Å². The number of carbonyl (C=O) groups is 2. The average molecular weight is 422 g/mol. The molecule has 0 aliphatic heterocycles. The Hall–Kier alpha value is -3.91. The van der Waals surface area contributed by atoms with Crippen molar-refractivity contribution in [3.05, 3.63) is 101 Å². The smallest absolute Gasteiger partial charge is 0.338 e. The molecular weight excluding hydrogens is 400 g/mol. The van der Waals surface area contributed by atoms with Gasteiger partial charge in [-0.15, -0.1) is 0 Å². The molecular formula is C27H22N2O3. The van der Waals surface area contributed by atoms with E-state index >= 15 is 0 Å². The van der Waals surface area contributed by atoms with Gasteiger partial charge in [0.05, 0.1) is 18.2 Å². The second-order valence-electron chi connectivity index (χ2n) is 8.28. The van der Waals surface area contributed by atoms with Crippen LogP contribution in [0.1, 0.15) is 57.8 Å². The SMILES string of the molecule is CCOC(=O)c1ccc(NC(=O)C2(C#N)CC3c4ccccc4C2c2ccccc23)cc1. The molecule has 3 aromatic rings. The van der Waals surface area contributed by atoms with E-state index < -0.39 is 11.4 Å². The van der Waals surface area contributed by atoms with Crippen LogP contribution in [0.4, 0.5) is 5.69 Å². The van der Waals surface area contributed by atoms with E-state index in [4.69, 9.17) is 4.74 Å². The third-order valence-electron chi connectivity index (χ3n) is 6.64. The second-order valence-corrected chi connectivity index (χ2v) is 8.28. The topological polar surface area (TPSA) is 79.2 Å². The van der Waals surface area contributed by atoms with Crippen molar-refractivity contribution < 1.29 is 14.3 Å². The minimum Gasteiger partial charge on any atom is -0.462 e. The number of benzene rings is 3. The highest BCUT2D eigenvalue weighted by Gasteiger charge is 2.57. The number of amides is 1. The number of anilines is 1. The number of nitrogens with zero attached hydrogens (tertiary/aromatic N) is 1. The van der Waals surface area contributed by atoms with Crippen molar-refractivity contribution in [2.24, 2.45) is 5.41 Å². The lowest BCUT2D eigenvalue weighted by Gasteiger charge is -2.48. The van der Waals surface area contributed by atoms with Gasteiger partial charge in [-0.1, -0.05) is 48.5 Å². The van der Waals surface area contributed by atoms with E-state index in [-0.39, 0.29) is 17.7 Å². The fourth-order valence-corrected chi connectivity index (χ4v) is 5.24. The predicted molar refractivity (Wildman–Crippen MR) is 120 cm³/mol. The summed E-state index contributed by atoms with van der Waals surface area (Å²) < 4.78 is 5.01. The van der Waals surface area contributed by atoms with Gasteiger partial charge >= 0.3 is 5.97 Å². The lowest BCUT2D eigenvalue weighted by molar-refractivity contribution is -0.124. The van der Waals surface area contributed by atoms with Crippen LogP contribution >= 0.6 is 0 Å². The number of esters is 1. The first kappa shape index (κ1) is 20.0. The molecule has 1 atom stereocenters. The summed E-state index contributed by atoms with van der Waals surface area (Å²) in [6.45, 7) is 2.05. The molecule has 5 nitrogen and oxygen atoms in total. The maximum absolute atomic E-state index is 13.6. The van der Waals surface area contributed by atoms with Crippen molar-refractivity contribution >= 4 is 17.6 Å². The third kappa shape index (κ3) is 2.91. The summed E-state index contributed by atoms with van der Waals surface area (Å²) in [4.78, 5) is 25.5. The normalized spacial score (nSPS) is 22.2.